The number of aliphatic hydroxyl groups excluding tert-OH is 1. The van der Waals surface area contributed by atoms with E-state index in [1.165, 1.54) is 31.3 Å². The van der Waals surface area contributed by atoms with Crippen LogP contribution >= 0.6 is 0 Å². The fraction of sp³-hybridized carbons (Fsp3) is 0.867. The van der Waals surface area contributed by atoms with Gasteiger partial charge in [-0.25, -0.2) is 0 Å². The molecule has 16 heavy (non-hydrogen) atoms. The van der Waals surface area contributed by atoms with Gasteiger partial charge in [-0.1, -0.05) is 26.8 Å². The van der Waals surface area contributed by atoms with E-state index < -0.39 is 0 Å². The standard InChI is InChI=1S/C15H24O/c1-10-4-5-13-14(2,3)12-8-15(10,13)7-6-11(12)9-16/h6,10,12-13,16H,4-5,7-9H2,1-3H3/t10-,12+,13+,15+/m0/s1. The summed E-state index contributed by atoms with van der Waals surface area (Å²) in [6, 6.07) is 0. The molecule has 4 atom stereocenters. The molecule has 1 N–H and O–H groups in total. The second kappa shape index (κ2) is 3.13. The lowest BCUT2D eigenvalue weighted by atomic mass is 9.68. The van der Waals surface area contributed by atoms with Crippen LogP contribution in [0.3, 0.4) is 0 Å². The molecule has 0 aromatic rings. The monoisotopic (exact) mass is 220 g/mol. The minimum Gasteiger partial charge on any atom is -0.392 e. The molecule has 1 spiro atoms. The Balaban J connectivity index is 2.07. The minimum absolute atomic E-state index is 0.283. The van der Waals surface area contributed by atoms with Crippen LogP contribution in [0.25, 0.3) is 0 Å². The molecule has 0 aromatic heterocycles. The van der Waals surface area contributed by atoms with Crippen molar-refractivity contribution in [3.63, 3.8) is 0 Å². The number of rotatable bonds is 1. The highest BCUT2D eigenvalue weighted by Gasteiger charge is 2.63. The van der Waals surface area contributed by atoms with Gasteiger partial charge in [-0.05, 0) is 59.8 Å². The van der Waals surface area contributed by atoms with Crippen molar-refractivity contribution in [2.24, 2.45) is 28.6 Å². The van der Waals surface area contributed by atoms with Crippen molar-refractivity contribution in [1.29, 1.82) is 0 Å². The van der Waals surface area contributed by atoms with Crippen molar-refractivity contribution in [2.45, 2.75) is 46.5 Å². The van der Waals surface area contributed by atoms with E-state index in [9.17, 15) is 5.11 Å². The van der Waals surface area contributed by atoms with Gasteiger partial charge in [-0.2, -0.15) is 0 Å². The van der Waals surface area contributed by atoms with E-state index in [0.29, 0.717) is 16.7 Å². The first-order chi connectivity index (χ1) is 7.52. The number of aliphatic hydroxyl groups is 1. The minimum atomic E-state index is 0.283. The lowest BCUT2D eigenvalue weighted by molar-refractivity contribution is 0.128. The van der Waals surface area contributed by atoms with E-state index in [4.69, 9.17) is 0 Å². The molecule has 0 saturated heterocycles. The van der Waals surface area contributed by atoms with Crippen LogP contribution in [0, 0.1) is 28.6 Å². The third-order valence-corrected chi connectivity index (χ3v) is 6.32. The Morgan fingerprint density at radius 2 is 2.12 bits per heavy atom. The highest BCUT2D eigenvalue weighted by atomic mass is 16.3. The van der Waals surface area contributed by atoms with Crippen molar-refractivity contribution in [3.05, 3.63) is 11.6 Å². The Labute approximate surface area is 98.9 Å². The summed E-state index contributed by atoms with van der Waals surface area (Å²) in [4.78, 5) is 0. The highest BCUT2D eigenvalue weighted by molar-refractivity contribution is 5.26. The number of hydrogen-bond donors (Lipinski definition) is 1. The maximum absolute atomic E-state index is 9.50. The van der Waals surface area contributed by atoms with E-state index in [1.54, 1.807) is 0 Å². The quantitative estimate of drug-likeness (QED) is 0.672. The Kier molecular flexibility index (Phi) is 2.12. The molecule has 90 valence electrons. The molecule has 0 amide bonds. The van der Waals surface area contributed by atoms with Gasteiger partial charge < -0.3 is 5.11 Å². The molecule has 3 aliphatic rings. The van der Waals surface area contributed by atoms with Crippen molar-refractivity contribution >= 4 is 0 Å². The lowest BCUT2D eigenvalue weighted by Crippen LogP contribution is -2.30. The zero-order chi connectivity index (χ0) is 11.6. The molecule has 3 aliphatic carbocycles. The van der Waals surface area contributed by atoms with E-state index in [0.717, 1.165) is 11.8 Å². The fourth-order valence-electron chi connectivity index (χ4n) is 5.35. The Morgan fingerprint density at radius 3 is 2.81 bits per heavy atom. The maximum atomic E-state index is 9.50. The van der Waals surface area contributed by atoms with E-state index >= 15 is 0 Å². The first-order valence-corrected chi connectivity index (χ1v) is 6.82. The zero-order valence-electron chi connectivity index (χ0n) is 10.8. The van der Waals surface area contributed by atoms with Gasteiger partial charge >= 0.3 is 0 Å². The topological polar surface area (TPSA) is 20.2 Å². The average molecular weight is 220 g/mol. The van der Waals surface area contributed by atoms with Gasteiger partial charge in [-0.3, -0.25) is 0 Å². The Morgan fingerprint density at radius 1 is 1.38 bits per heavy atom. The summed E-state index contributed by atoms with van der Waals surface area (Å²) in [5.74, 6) is 2.43. The van der Waals surface area contributed by atoms with Crippen molar-refractivity contribution in [3.8, 4) is 0 Å². The molecule has 0 aromatic carbocycles. The third kappa shape index (κ3) is 1.06. The van der Waals surface area contributed by atoms with Crippen molar-refractivity contribution in [1.82, 2.24) is 0 Å². The van der Waals surface area contributed by atoms with Crippen LogP contribution in [0.4, 0.5) is 0 Å². The second-order valence-corrected chi connectivity index (χ2v) is 6.98. The SMILES string of the molecule is C[C@H]1CC[C@@H]2C(C)(C)[C@@H]3C[C@@]21CC=C3CO. The predicted molar refractivity (Wildman–Crippen MR) is 66.0 cm³/mol. The van der Waals surface area contributed by atoms with Gasteiger partial charge in [-0.15, -0.1) is 0 Å². The average Bonchev–Trinajstić information content (AvgIpc) is 2.65. The first kappa shape index (κ1) is 10.8. The molecule has 1 heteroatoms. The summed E-state index contributed by atoms with van der Waals surface area (Å²) >= 11 is 0. The molecular formula is C15H24O. The van der Waals surface area contributed by atoms with Gasteiger partial charge in [0.25, 0.3) is 0 Å². The van der Waals surface area contributed by atoms with Crippen molar-refractivity contribution in [2.75, 3.05) is 6.61 Å². The molecule has 0 heterocycles. The highest BCUT2D eigenvalue weighted by Crippen LogP contribution is 2.71. The number of hydrogen-bond acceptors (Lipinski definition) is 1. The second-order valence-electron chi connectivity index (χ2n) is 6.98. The third-order valence-electron chi connectivity index (χ3n) is 6.32. The molecule has 0 aliphatic heterocycles. The first-order valence-electron chi connectivity index (χ1n) is 6.82. The Hall–Kier alpha value is -0.300. The summed E-state index contributed by atoms with van der Waals surface area (Å²) in [6.45, 7) is 7.62. The van der Waals surface area contributed by atoms with Crippen LogP contribution in [0.5, 0.6) is 0 Å². The number of fused-ring (bicyclic) bond motifs is 1. The van der Waals surface area contributed by atoms with Crippen LogP contribution < -0.4 is 0 Å². The van der Waals surface area contributed by atoms with Gasteiger partial charge in [0.05, 0.1) is 6.61 Å². The maximum Gasteiger partial charge on any atom is 0.0644 e. The summed E-state index contributed by atoms with van der Waals surface area (Å²) in [6.07, 6.45) is 7.78. The summed E-state index contributed by atoms with van der Waals surface area (Å²) in [5, 5.41) is 9.50. The van der Waals surface area contributed by atoms with Gasteiger partial charge in [0.2, 0.25) is 0 Å². The van der Waals surface area contributed by atoms with E-state index in [-0.39, 0.29) is 6.61 Å². The molecule has 0 radical (unpaired) electrons. The Bertz CT molecular complexity index is 341. The lowest BCUT2D eigenvalue weighted by Gasteiger charge is -2.36. The van der Waals surface area contributed by atoms with Crippen LogP contribution in [0.1, 0.15) is 46.5 Å². The van der Waals surface area contributed by atoms with Gasteiger partial charge in [0.15, 0.2) is 0 Å². The van der Waals surface area contributed by atoms with Gasteiger partial charge in [0, 0.05) is 0 Å². The largest absolute Gasteiger partial charge is 0.392 e. The molecule has 2 fully saturated rings. The van der Waals surface area contributed by atoms with Crippen molar-refractivity contribution < 1.29 is 5.11 Å². The smallest absolute Gasteiger partial charge is 0.0644 e. The van der Waals surface area contributed by atoms with Crippen LogP contribution in [0.2, 0.25) is 0 Å². The van der Waals surface area contributed by atoms with Crippen LogP contribution in [0.15, 0.2) is 11.6 Å². The molecular weight excluding hydrogens is 196 g/mol. The van der Waals surface area contributed by atoms with Gasteiger partial charge in [0.1, 0.15) is 0 Å². The summed E-state index contributed by atoms with van der Waals surface area (Å²) in [7, 11) is 0. The molecule has 2 saturated carbocycles. The molecule has 3 rings (SSSR count). The van der Waals surface area contributed by atoms with Crippen LogP contribution in [-0.2, 0) is 0 Å². The van der Waals surface area contributed by atoms with E-state index in [1.807, 2.05) is 0 Å². The summed E-state index contributed by atoms with van der Waals surface area (Å²) < 4.78 is 0. The zero-order valence-corrected chi connectivity index (χ0v) is 10.8. The predicted octanol–water partition coefficient (Wildman–Crippen LogP) is 3.39. The summed E-state index contributed by atoms with van der Waals surface area (Å²) in [5.41, 5.74) is 2.33. The molecule has 0 unspecified atom stereocenters. The fourth-order valence-corrected chi connectivity index (χ4v) is 5.35. The molecule has 1 nitrogen and oxygen atoms in total. The van der Waals surface area contributed by atoms with E-state index in [2.05, 4.69) is 26.8 Å². The molecule has 2 bridgehead atoms. The van der Waals surface area contributed by atoms with Crippen LogP contribution in [-0.4, -0.2) is 11.7 Å². The number of allylic oxidation sites excluding steroid dienone is 1. The normalized spacial score (nSPS) is 49.0.